The van der Waals surface area contributed by atoms with Crippen LogP contribution in [0.25, 0.3) is 21.4 Å². The molecule has 0 amide bonds. The summed E-state index contributed by atoms with van der Waals surface area (Å²) in [6, 6.07) is 27.7. The fourth-order valence-corrected chi connectivity index (χ4v) is 4.88. The van der Waals surface area contributed by atoms with Crippen molar-refractivity contribution in [1.82, 2.24) is 0 Å². The summed E-state index contributed by atoms with van der Waals surface area (Å²) in [6.45, 7) is 8.12. The lowest BCUT2D eigenvalue weighted by Gasteiger charge is -2.05. The molecule has 32 heavy (non-hydrogen) atoms. The maximum Gasteiger partial charge on any atom is 0.423 e. The number of ether oxygens (including phenoxy) is 1. The van der Waals surface area contributed by atoms with Gasteiger partial charge in [0.2, 0.25) is 10.2 Å². The monoisotopic (exact) mass is 441 g/mol. The van der Waals surface area contributed by atoms with E-state index < -0.39 is 7.41 Å². The van der Waals surface area contributed by atoms with Gasteiger partial charge in [0, 0.05) is 0 Å². The number of fused-ring (bicyclic) bond motifs is 2. The molecule has 0 spiro atoms. The van der Waals surface area contributed by atoms with Crippen LogP contribution in [0.3, 0.4) is 0 Å². The van der Waals surface area contributed by atoms with E-state index in [1.165, 1.54) is 11.1 Å². The number of rotatable bonds is 2. The van der Waals surface area contributed by atoms with E-state index in [0.717, 1.165) is 32.9 Å². The van der Waals surface area contributed by atoms with Crippen LogP contribution in [0.2, 0.25) is 0 Å². The molecule has 0 N–H and O–H groups in total. The molecular weight excluding hydrogens is 415 g/mol. The van der Waals surface area contributed by atoms with E-state index in [-0.39, 0.29) is 0 Å². The van der Waals surface area contributed by atoms with Crippen LogP contribution in [-0.2, 0) is 4.57 Å². The molecule has 1 heterocycles. The summed E-state index contributed by atoms with van der Waals surface area (Å²) in [4.78, 5) is 0. The molecule has 4 heteroatoms. The fraction of sp³-hybridized carbons (Fsp3) is 0.143. The summed E-state index contributed by atoms with van der Waals surface area (Å²) in [5.41, 5.74) is 6.12. The number of benzene rings is 4. The third kappa shape index (κ3) is 5.07. The maximum atomic E-state index is 12.5. The number of aryl methyl sites for hydroxylation is 4. The predicted molar refractivity (Wildman–Crippen MR) is 133 cm³/mol. The van der Waals surface area contributed by atoms with Crippen LogP contribution in [0.1, 0.15) is 22.3 Å². The van der Waals surface area contributed by atoms with Crippen LogP contribution >= 0.6 is 7.41 Å². The molecule has 0 aliphatic rings. The van der Waals surface area contributed by atoms with Gasteiger partial charge in [-0.25, -0.2) is 0 Å². The van der Waals surface area contributed by atoms with Gasteiger partial charge in [-0.1, -0.05) is 52.1 Å². The summed E-state index contributed by atoms with van der Waals surface area (Å²) < 4.78 is 23.9. The van der Waals surface area contributed by atoms with E-state index >= 15 is 0 Å². The van der Waals surface area contributed by atoms with Crippen molar-refractivity contribution in [3.63, 3.8) is 0 Å². The van der Waals surface area contributed by atoms with Gasteiger partial charge in [-0.3, -0.25) is 0 Å². The molecule has 0 unspecified atom stereocenters. The zero-order chi connectivity index (χ0) is 22.7. The molecule has 0 aliphatic heterocycles. The summed E-state index contributed by atoms with van der Waals surface area (Å²) >= 11 is 0. The van der Waals surface area contributed by atoms with Crippen LogP contribution in [0.15, 0.2) is 89.3 Å². The summed E-state index contributed by atoms with van der Waals surface area (Å²) in [7, 11) is -1.53. The molecule has 0 bridgehead atoms. The highest BCUT2D eigenvalue weighted by molar-refractivity contribution is 7.48. The van der Waals surface area contributed by atoms with Gasteiger partial charge in [0.05, 0.1) is 0 Å². The minimum Gasteiger partial charge on any atom is -0.457 e. The number of hydrogen-bond donors (Lipinski definition) is 0. The summed E-state index contributed by atoms with van der Waals surface area (Å²) in [6.07, 6.45) is 0. The topological polar surface area (TPSA) is 39.4 Å². The Bertz CT molecular complexity index is 1330. The Hall–Kier alpha value is -3.42. The molecule has 0 atom stereocenters. The van der Waals surface area contributed by atoms with Gasteiger partial charge in [-0.2, -0.15) is 0 Å². The molecule has 0 saturated carbocycles. The van der Waals surface area contributed by atoms with Gasteiger partial charge in [0.25, 0.3) is 0 Å². The van der Waals surface area contributed by atoms with Crippen LogP contribution < -0.4 is 4.74 Å². The summed E-state index contributed by atoms with van der Waals surface area (Å²) in [5, 5.41) is 1.61. The molecule has 0 radical (unpaired) electrons. The average molecular weight is 441 g/mol. The molecule has 3 nitrogen and oxygen atoms in total. The van der Waals surface area contributed by atoms with Crippen molar-refractivity contribution in [2.45, 2.75) is 27.7 Å². The van der Waals surface area contributed by atoms with Crippen molar-refractivity contribution < 1.29 is 13.7 Å². The molecule has 5 rings (SSSR count). The Morgan fingerprint density at radius 2 is 0.938 bits per heavy atom. The minimum atomic E-state index is -1.53. The van der Waals surface area contributed by atoms with E-state index in [1.54, 1.807) is 0 Å². The second kappa shape index (κ2) is 9.38. The van der Waals surface area contributed by atoms with Gasteiger partial charge in [0.1, 0.15) is 11.5 Å². The first-order valence-electron chi connectivity index (χ1n) is 10.6. The van der Waals surface area contributed by atoms with Crippen molar-refractivity contribution in [2.24, 2.45) is 0 Å². The largest absolute Gasteiger partial charge is 0.457 e. The van der Waals surface area contributed by atoms with Crippen LogP contribution in [0.5, 0.6) is 11.5 Å². The fourth-order valence-electron chi connectivity index (χ4n) is 3.34. The first-order valence-corrected chi connectivity index (χ1v) is 11.8. The lowest BCUT2D eigenvalue weighted by atomic mass is 10.2. The Morgan fingerprint density at radius 3 is 1.34 bits per heavy atom. The smallest absolute Gasteiger partial charge is 0.423 e. The second-order valence-electron chi connectivity index (χ2n) is 8.07. The Morgan fingerprint density at radius 1 is 0.562 bits per heavy atom. The molecule has 5 aromatic rings. The lowest BCUT2D eigenvalue weighted by Crippen LogP contribution is -1.84. The van der Waals surface area contributed by atoms with Crippen LogP contribution in [-0.4, -0.2) is 0 Å². The van der Waals surface area contributed by atoms with E-state index in [1.807, 2.05) is 98.8 Å². The van der Waals surface area contributed by atoms with Gasteiger partial charge in [-0.15, -0.1) is 0 Å². The van der Waals surface area contributed by atoms with Gasteiger partial charge in [-0.05, 0) is 87.4 Å². The van der Waals surface area contributed by atoms with Crippen molar-refractivity contribution in [3.8, 4) is 11.5 Å². The molecule has 0 fully saturated rings. The normalized spacial score (nSPS) is 10.6. The molecule has 160 valence electrons. The number of hydrogen-bond acceptors (Lipinski definition) is 3. The molecule has 4 aromatic carbocycles. The third-order valence-electron chi connectivity index (χ3n) is 5.16. The van der Waals surface area contributed by atoms with Crippen LogP contribution in [0, 0.1) is 27.7 Å². The highest BCUT2D eigenvalue weighted by Gasteiger charge is 2.18. The quantitative estimate of drug-likeness (QED) is 0.257. The molecule has 0 aliphatic carbocycles. The second-order valence-corrected chi connectivity index (χ2v) is 9.62. The zero-order valence-electron chi connectivity index (χ0n) is 18.8. The van der Waals surface area contributed by atoms with Crippen LogP contribution in [0.4, 0.5) is 0 Å². The SMILES string of the molecule is Cc1ccc(Oc2ccc(C)cc2)cc1.Cc1ccc2oc3ccc(C)cc3[p+](=O)c2c1. The standard InChI is InChI=1S/C14H12O2P.C14H14O/c1-9-3-5-11-13(7-9)17(15)14-8-10(2)4-6-12(14)16-11;1-11-3-7-13(8-4-11)15-14-9-5-12(2)6-10-14/h3-8H,1-2H3;3-10H,1-2H3/q+1;. The average Bonchev–Trinajstić information content (AvgIpc) is 2.79. The lowest BCUT2D eigenvalue weighted by molar-refractivity contribution is 0.482. The van der Waals surface area contributed by atoms with Crippen molar-refractivity contribution in [3.05, 3.63) is 107 Å². The Labute approximate surface area is 189 Å². The van der Waals surface area contributed by atoms with E-state index in [4.69, 9.17) is 9.15 Å². The molecule has 0 saturated heterocycles. The van der Waals surface area contributed by atoms with E-state index in [0.29, 0.717) is 11.2 Å². The third-order valence-corrected chi connectivity index (χ3v) is 6.74. The Balaban J connectivity index is 0.000000155. The van der Waals surface area contributed by atoms with Gasteiger partial charge >= 0.3 is 7.41 Å². The maximum absolute atomic E-state index is 12.5. The van der Waals surface area contributed by atoms with Gasteiger partial charge < -0.3 is 9.15 Å². The van der Waals surface area contributed by atoms with Crippen molar-refractivity contribution in [2.75, 3.05) is 0 Å². The van der Waals surface area contributed by atoms with E-state index in [2.05, 4.69) is 13.8 Å². The first-order chi connectivity index (χ1) is 15.4. The highest BCUT2D eigenvalue weighted by Crippen LogP contribution is 2.37. The van der Waals surface area contributed by atoms with E-state index in [9.17, 15) is 4.57 Å². The predicted octanol–water partition coefficient (Wildman–Crippen LogP) is 9.04. The minimum absolute atomic E-state index is 0.716. The first kappa shape index (κ1) is 21.8. The van der Waals surface area contributed by atoms with Gasteiger partial charge in [0.15, 0.2) is 11.2 Å². The van der Waals surface area contributed by atoms with Crippen molar-refractivity contribution in [1.29, 1.82) is 0 Å². The molecule has 1 aromatic heterocycles. The van der Waals surface area contributed by atoms with Crippen molar-refractivity contribution >= 4 is 28.8 Å². The zero-order valence-corrected chi connectivity index (χ0v) is 19.6. The highest BCUT2D eigenvalue weighted by atomic mass is 31.1. The summed E-state index contributed by atoms with van der Waals surface area (Å²) in [5.74, 6) is 1.76. The molecular formula is C28H26O3P+. The Kier molecular flexibility index (Phi) is 6.39.